The Morgan fingerprint density at radius 3 is 2.62 bits per heavy atom. The molecule has 1 heterocycles. The van der Waals surface area contributed by atoms with Crippen LogP contribution in [0.5, 0.6) is 5.75 Å². The lowest BCUT2D eigenvalue weighted by atomic mass is 9.87. The van der Waals surface area contributed by atoms with Gasteiger partial charge < -0.3 is 20.7 Å². The zero-order valence-electron chi connectivity index (χ0n) is 14.0. The maximum Gasteiger partial charge on any atom is 0.237 e. The SMILES string of the molecule is CCOc1ccc(NC(=O)C[C@@H]2N[C@@H]3CCCC[C@H]3NC2=O)cc1. The van der Waals surface area contributed by atoms with E-state index in [0.717, 1.165) is 25.0 Å². The van der Waals surface area contributed by atoms with E-state index < -0.39 is 6.04 Å². The van der Waals surface area contributed by atoms with Crippen LogP contribution in [0.4, 0.5) is 5.69 Å². The largest absolute Gasteiger partial charge is 0.494 e. The summed E-state index contributed by atoms with van der Waals surface area (Å²) in [6.07, 6.45) is 4.56. The van der Waals surface area contributed by atoms with E-state index in [1.807, 2.05) is 19.1 Å². The van der Waals surface area contributed by atoms with Crippen molar-refractivity contribution in [2.75, 3.05) is 11.9 Å². The molecule has 3 rings (SSSR count). The smallest absolute Gasteiger partial charge is 0.237 e. The van der Waals surface area contributed by atoms with Gasteiger partial charge in [-0.3, -0.25) is 9.59 Å². The fourth-order valence-electron chi connectivity index (χ4n) is 3.47. The van der Waals surface area contributed by atoms with Gasteiger partial charge in [0, 0.05) is 17.8 Å². The maximum absolute atomic E-state index is 12.2. The van der Waals surface area contributed by atoms with Gasteiger partial charge in [0.2, 0.25) is 11.8 Å². The van der Waals surface area contributed by atoms with Crippen LogP contribution in [0.15, 0.2) is 24.3 Å². The van der Waals surface area contributed by atoms with Gasteiger partial charge in [-0.15, -0.1) is 0 Å². The van der Waals surface area contributed by atoms with Crippen LogP contribution in [0, 0.1) is 0 Å². The molecule has 1 saturated carbocycles. The monoisotopic (exact) mass is 331 g/mol. The normalized spacial score (nSPS) is 26.2. The van der Waals surface area contributed by atoms with Crippen LogP contribution in [-0.4, -0.2) is 36.5 Å². The first-order chi connectivity index (χ1) is 11.7. The lowest BCUT2D eigenvalue weighted by Gasteiger charge is -2.40. The number of amides is 2. The molecule has 2 aliphatic rings. The molecule has 3 atom stereocenters. The molecule has 1 aliphatic carbocycles. The van der Waals surface area contributed by atoms with E-state index in [1.54, 1.807) is 12.1 Å². The van der Waals surface area contributed by atoms with Gasteiger partial charge in [0.15, 0.2) is 0 Å². The Labute approximate surface area is 142 Å². The van der Waals surface area contributed by atoms with E-state index in [1.165, 1.54) is 6.42 Å². The Morgan fingerprint density at radius 2 is 1.92 bits per heavy atom. The van der Waals surface area contributed by atoms with Crippen molar-refractivity contribution in [1.29, 1.82) is 0 Å². The third-order valence-electron chi connectivity index (χ3n) is 4.66. The van der Waals surface area contributed by atoms with E-state index in [0.29, 0.717) is 18.3 Å². The van der Waals surface area contributed by atoms with Crippen LogP contribution in [-0.2, 0) is 9.59 Å². The van der Waals surface area contributed by atoms with E-state index in [2.05, 4.69) is 16.0 Å². The predicted molar refractivity (Wildman–Crippen MR) is 92.0 cm³/mol. The fraction of sp³-hybridized carbons (Fsp3) is 0.556. The quantitative estimate of drug-likeness (QED) is 0.769. The van der Waals surface area contributed by atoms with E-state index >= 15 is 0 Å². The minimum Gasteiger partial charge on any atom is -0.494 e. The molecule has 6 heteroatoms. The van der Waals surface area contributed by atoms with E-state index in [9.17, 15) is 9.59 Å². The topological polar surface area (TPSA) is 79.5 Å². The minimum absolute atomic E-state index is 0.0695. The second kappa shape index (κ2) is 7.66. The van der Waals surface area contributed by atoms with Gasteiger partial charge in [0.05, 0.1) is 19.1 Å². The molecule has 1 aromatic carbocycles. The maximum atomic E-state index is 12.2. The Morgan fingerprint density at radius 1 is 1.21 bits per heavy atom. The van der Waals surface area contributed by atoms with Gasteiger partial charge in [-0.25, -0.2) is 0 Å². The van der Waals surface area contributed by atoms with Gasteiger partial charge in [0.1, 0.15) is 5.75 Å². The molecule has 2 fully saturated rings. The van der Waals surface area contributed by atoms with Gasteiger partial charge >= 0.3 is 0 Å². The summed E-state index contributed by atoms with van der Waals surface area (Å²) >= 11 is 0. The lowest BCUT2D eigenvalue weighted by Crippen LogP contribution is -2.65. The molecule has 0 spiro atoms. The summed E-state index contributed by atoms with van der Waals surface area (Å²) < 4.78 is 5.38. The van der Waals surface area contributed by atoms with Crippen molar-refractivity contribution >= 4 is 17.5 Å². The predicted octanol–water partition coefficient (Wildman–Crippen LogP) is 1.81. The van der Waals surface area contributed by atoms with Gasteiger partial charge in [-0.05, 0) is 44.0 Å². The molecule has 1 aliphatic heterocycles. The molecule has 0 aromatic heterocycles. The van der Waals surface area contributed by atoms with Crippen molar-refractivity contribution in [3.05, 3.63) is 24.3 Å². The molecule has 0 bridgehead atoms. The van der Waals surface area contributed by atoms with Gasteiger partial charge in [0.25, 0.3) is 0 Å². The van der Waals surface area contributed by atoms with Crippen molar-refractivity contribution in [3.8, 4) is 5.75 Å². The Kier molecular flexibility index (Phi) is 5.35. The molecule has 0 unspecified atom stereocenters. The van der Waals surface area contributed by atoms with Crippen LogP contribution >= 0.6 is 0 Å². The number of piperazine rings is 1. The average Bonchev–Trinajstić information content (AvgIpc) is 2.57. The van der Waals surface area contributed by atoms with Crippen molar-refractivity contribution in [2.45, 2.75) is 57.2 Å². The number of carbonyl (C=O) groups is 2. The molecule has 1 aromatic rings. The number of hydrogen-bond acceptors (Lipinski definition) is 4. The van der Waals surface area contributed by atoms with Gasteiger partial charge in [-0.1, -0.05) is 12.8 Å². The zero-order chi connectivity index (χ0) is 16.9. The van der Waals surface area contributed by atoms with Gasteiger partial charge in [-0.2, -0.15) is 0 Å². The number of fused-ring (bicyclic) bond motifs is 1. The minimum atomic E-state index is -0.452. The summed E-state index contributed by atoms with van der Waals surface area (Å²) in [5, 5.41) is 9.25. The highest BCUT2D eigenvalue weighted by Crippen LogP contribution is 2.22. The van der Waals surface area contributed by atoms with Crippen LogP contribution in [0.25, 0.3) is 0 Å². The number of hydrogen-bond donors (Lipinski definition) is 3. The summed E-state index contributed by atoms with van der Waals surface area (Å²) in [4.78, 5) is 24.4. The fourth-order valence-corrected chi connectivity index (χ4v) is 3.47. The molecular weight excluding hydrogens is 306 g/mol. The number of nitrogens with one attached hydrogen (secondary N) is 3. The second-order valence-corrected chi connectivity index (χ2v) is 6.43. The number of anilines is 1. The molecule has 6 nitrogen and oxygen atoms in total. The summed E-state index contributed by atoms with van der Waals surface area (Å²) in [6.45, 7) is 2.53. The molecule has 24 heavy (non-hydrogen) atoms. The van der Waals surface area contributed by atoms with Crippen molar-refractivity contribution < 1.29 is 14.3 Å². The summed E-state index contributed by atoms with van der Waals surface area (Å²) in [5.41, 5.74) is 0.704. The summed E-state index contributed by atoms with van der Waals surface area (Å²) in [5.74, 6) is 0.535. The Bertz CT molecular complexity index is 588. The standard InChI is InChI=1S/C18H25N3O3/c1-2-24-13-9-7-12(8-10-13)19-17(22)11-16-18(23)21-15-6-4-3-5-14(15)20-16/h7-10,14-16,20H,2-6,11H2,1H3,(H,19,22)(H,21,23)/t14-,15-,16+/m1/s1. The van der Waals surface area contributed by atoms with Crippen LogP contribution in [0.3, 0.4) is 0 Å². The van der Waals surface area contributed by atoms with Crippen molar-refractivity contribution in [3.63, 3.8) is 0 Å². The Hall–Kier alpha value is -2.08. The van der Waals surface area contributed by atoms with Crippen molar-refractivity contribution in [1.82, 2.24) is 10.6 Å². The highest BCUT2D eigenvalue weighted by atomic mass is 16.5. The molecule has 2 amide bonds. The molecular formula is C18H25N3O3. The zero-order valence-corrected chi connectivity index (χ0v) is 14.0. The van der Waals surface area contributed by atoms with E-state index in [4.69, 9.17) is 4.74 Å². The number of carbonyl (C=O) groups excluding carboxylic acids is 2. The Balaban J connectivity index is 1.53. The third-order valence-corrected chi connectivity index (χ3v) is 4.66. The summed E-state index contributed by atoms with van der Waals surface area (Å²) in [7, 11) is 0. The van der Waals surface area contributed by atoms with Crippen LogP contribution < -0.4 is 20.7 Å². The number of ether oxygens (including phenoxy) is 1. The van der Waals surface area contributed by atoms with Crippen LogP contribution in [0.2, 0.25) is 0 Å². The molecule has 0 radical (unpaired) electrons. The number of rotatable bonds is 5. The third kappa shape index (κ3) is 4.06. The second-order valence-electron chi connectivity index (χ2n) is 6.43. The highest BCUT2D eigenvalue weighted by Gasteiger charge is 2.36. The highest BCUT2D eigenvalue weighted by molar-refractivity contribution is 5.95. The lowest BCUT2D eigenvalue weighted by molar-refractivity contribution is -0.129. The first kappa shape index (κ1) is 16.8. The molecule has 1 saturated heterocycles. The number of benzene rings is 1. The first-order valence-corrected chi connectivity index (χ1v) is 8.75. The van der Waals surface area contributed by atoms with E-state index in [-0.39, 0.29) is 24.3 Å². The summed E-state index contributed by atoms with van der Waals surface area (Å²) in [6, 6.07) is 7.29. The molecule has 130 valence electrons. The van der Waals surface area contributed by atoms with Crippen LogP contribution in [0.1, 0.15) is 39.0 Å². The van der Waals surface area contributed by atoms with Crippen molar-refractivity contribution in [2.24, 2.45) is 0 Å². The average molecular weight is 331 g/mol. The first-order valence-electron chi connectivity index (χ1n) is 8.75. The molecule has 3 N–H and O–H groups in total.